The van der Waals surface area contributed by atoms with Crippen LogP contribution in [0.4, 0.5) is 0 Å². The average Bonchev–Trinajstić information content (AvgIpc) is 2.35. The first-order valence-corrected chi connectivity index (χ1v) is 8.21. The van der Waals surface area contributed by atoms with Crippen molar-refractivity contribution in [2.75, 3.05) is 13.2 Å². The van der Waals surface area contributed by atoms with E-state index in [9.17, 15) is 4.80 Å². The highest BCUT2D eigenvalue weighted by molar-refractivity contribution is 6.58. The van der Waals surface area contributed by atoms with Crippen LogP contribution in [0.15, 0.2) is 30.3 Å². The van der Waals surface area contributed by atoms with E-state index < -0.39 is 8.80 Å². The van der Waals surface area contributed by atoms with Crippen molar-refractivity contribution in [3.63, 3.8) is 0 Å². The van der Waals surface area contributed by atoms with Gasteiger partial charge in [-0.15, -0.1) is 0 Å². The van der Waals surface area contributed by atoms with Crippen LogP contribution in [0.1, 0.15) is 32.3 Å². The zero-order chi connectivity index (χ0) is 12.6. The Balaban J connectivity index is 2.61. The van der Waals surface area contributed by atoms with Gasteiger partial charge in [0.1, 0.15) is 0 Å². The van der Waals surface area contributed by atoms with Gasteiger partial charge in [-0.25, -0.2) is 0 Å². The summed E-state index contributed by atoms with van der Waals surface area (Å²) in [5.74, 6) is 0. The van der Waals surface area contributed by atoms with E-state index in [0.29, 0.717) is 19.3 Å². The van der Waals surface area contributed by atoms with Gasteiger partial charge < -0.3 is 13.6 Å². The van der Waals surface area contributed by atoms with E-state index in [2.05, 4.69) is 0 Å². The maximum Gasteiger partial charge on any atom is 0.502 e. The number of rotatable bonds is 8. The quantitative estimate of drug-likeness (QED) is 0.725. The van der Waals surface area contributed by atoms with E-state index in [1.165, 1.54) is 0 Å². The molecule has 0 aliphatic heterocycles. The Bertz CT molecular complexity index is 295. The Kier molecular flexibility index (Phi) is 6.43. The summed E-state index contributed by atoms with van der Waals surface area (Å²) in [7, 11) is -3.03. The molecule has 1 rings (SSSR count). The third kappa shape index (κ3) is 5.45. The molecule has 0 aromatic heterocycles. The van der Waals surface area contributed by atoms with Crippen molar-refractivity contribution in [2.24, 2.45) is 0 Å². The first kappa shape index (κ1) is 14.4. The molecular weight excluding hydrogens is 232 g/mol. The van der Waals surface area contributed by atoms with Gasteiger partial charge in [0.2, 0.25) is 0 Å². The van der Waals surface area contributed by atoms with Crippen molar-refractivity contribution in [1.82, 2.24) is 0 Å². The van der Waals surface area contributed by atoms with E-state index in [1.807, 2.05) is 44.2 Å². The van der Waals surface area contributed by atoms with Gasteiger partial charge in [0.05, 0.1) is 0 Å². The van der Waals surface area contributed by atoms with E-state index >= 15 is 0 Å². The fourth-order valence-corrected chi connectivity index (χ4v) is 3.61. The number of benzene rings is 1. The highest BCUT2D eigenvalue weighted by Crippen LogP contribution is 2.13. The molecule has 17 heavy (non-hydrogen) atoms. The second kappa shape index (κ2) is 7.61. The molecule has 1 aromatic carbocycles. The van der Waals surface area contributed by atoms with Crippen LogP contribution in [0.3, 0.4) is 0 Å². The fourth-order valence-electron chi connectivity index (χ4n) is 1.52. The second-order valence-electron chi connectivity index (χ2n) is 4.07. The normalized spacial score (nSPS) is 11.7. The highest BCUT2D eigenvalue weighted by Gasteiger charge is 2.36. The molecule has 0 aliphatic carbocycles. The molecule has 0 spiro atoms. The summed E-state index contributed by atoms with van der Waals surface area (Å²) in [5.41, 5.74) is 1.06. The van der Waals surface area contributed by atoms with Crippen LogP contribution in [0, 0.1) is 0 Å². The van der Waals surface area contributed by atoms with Crippen LogP contribution in [-0.4, -0.2) is 26.8 Å². The topological polar surface area (TPSA) is 38.7 Å². The van der Waals surface area contributed by atoms with Crippen molar-refractivity contribution in [3.8, 4) is 0 Å². The molecule has 0 fully saturated rings. The minimum atomic E-state index is -3.03. The van der Waals surface area contributed by atoms with E-state index in [4.69, 9.17) is 8.85 Å². The lowest BCUT2D eigenvalue weighted by Gasteiger charge is -2.24. The largest absolute Gasteiger partial charge is 0.502 e. The Morgan fingerprint density at radius 3 is 2.00 bits per heavy atom. The lowest BCUT2D eigenvalue weighted by molar-refractivity contribution is 0.0965. The predicted octanol–water partition coefficient (Wildman–Crippen LogP) is 2.55. The van der Waals surface area contributed by atoms with Crippen LogP contribution >= 0.6 is 0 Å². The van der Waals surface area contributed by atoms with E-state index in [-0.39, 0.29) is 0 Å². The van der Waals surface area contributed by atoms with Crippen molar-refractivity contribution in [2.45, 2.75) is 32.7 Å². The summed E-state index contributed by atoms with van der Waals surface area (Å²) in [5, 5.41) is 0. The minimum absolute atomic E-state index is 0.494. The zero-order valence-corrected chi connectivity index (χ0v) is 11.7. The molecule has 0 saturated heterocycles. The van der Waals surface area contributed by atoms with Gasteiger partial charge in [-0.3, -0.25) is 0 Å². The van der Waals surface area contributed by atoms with Gasteiger partial charge in [0.15, 0.2) is 0 Å². The minimum Gasteiger partial charge on any atom is -0.389 e. The lowest BCUT2D eigenvalue weighted by atomic mass is 10.2. The maximum atomic E-state index is 10.4. The highest BCUT2D eigenvalue weighted by atomic mass is 28.4. The van der Waals surface area contributed by atoms with Crippen LogP contribution in [0.5, 0.6) is 0 Å². The number of hydrogen-bond acceptors (Lipinski definition) is 3. The van der Waals surface area contributed by atoms with Crippen LogP contribution in [-0.2, 0) is 14.9 Å². The summed E-state index contributed by atoms with van der Waals surface area (Å²) in [4.78, 5) is 10.4. The average molecular weight is 254 g/mol. The van der Waals surface area contributed by atoms with Gasteiger partial charge >= 0.3 is 8.80 Å². The lowest BCUT2D eigenvalue weighted by Crippen LogP contribution is -2.46. The Labute approximate surface area is 105 Å². The van der Waals surface area contributed by atoms with Crippen molar-refractivity contribution < 1.29 is 13.6 Å². The van der Waals surface area contributed by atoms with Crippen LogP contribution in [0.2, 0.25) is 0 Å². The Hall–Kier alpha value is -0.683. The van der Waals surface area contributed by atoms with Crippen LogP contribution < -0.4 is 0 Å². The first-order valence-electron chi connectivity index (χ1n) is 6.24. The molecule has 4 heteroatoms. The molecular formula is C13H22O3Si. The molecule has 0 amide bonds. The summed E-state index contributed by atoms with van der Waals surface area (Å²) in [6.07, 6.45) is 1.78. The SMILES string of the molecule is CCCO[Si](O)(Cc1ccccc1)OCCC. The first-order chi connectivity index (χ1) is 8.20. The molecule has 0 heterocycles. The smallest absolute Gasteiger partial charge is 0.389 e. The van der Waals surface area contributed by atoms with E-state index in [1.54, 1.807) is 0 Å². The molecule has 0 bridgehead atoms. The third-order valence-corrected chi connectivity index (χ3v) is 4.50. The monoisotopic (exact) mass is 254 g/mol. The predicted molar refractivity (Wildman–Crippen MR) is 70.6 cm³/mol. The third-order valence-electron chi connectivity index (χ3n) is 2.33. The molecule has 1 aromatic rings. The molecule has 3 nitrogen and oxygen atoms in total. The van der Waals surface area contributed by atoms with Gasteiger partial charge in [-0.05, 0) is 18.4 Å². The number of hydrogen-bond donors (Lipinski definition) is 1. The van der Waals surface area contributed by atoms with Gasteiger partial charge in [-0.2, -0.15) is 0 Å². The fraction of sp³-hybridized carbons (Fsp3) is 0.538. The molecule has 0 radical (unpaired) electrons. The molecule has 96 valence electrons. The zero-order valence-electron chi connectivity index (χ0n) is 10.7. The summed E-state index contributed by atoms with van der Waals surface area (Å²) >= 11 is 0. The van der Waals surface area contributed by atoms with E-state index in [0.717, 1.165) is 18.4 Å². The standard InChI is InChI=1S/C13H22O3Si/c1-3-10-15-17(14,16-11-4-2)12-13-8-6-5-7-9-13/h5-9,14H,3-4,10-12H2,1-2H3. The Morgan fingerprint density at radius 2 is 1.53 bits per heavy atom. The molecule has 0 unspecified atom stereocenters. The van der Waals surface area contributed by atoms with Crippen molar-refractivity contribution in [1.29, 1.82) is 0 Å². The molecule has 0 atom stereocenters. The Morgan fingerprint density at radius 1 is 1.00 bits per heavy atom. The van der Waals surface area contributed by atoms with Gasteiger partial charge in [-0.1, -0.05) is 44.2 Å². The molecule has 1 N–H and O–H groups in total. The molecule has 0 saturated carbocycles. The van der Waals surface area contributed by atoms with Crippen LogP contribution in [0.25, 0.3) is 0 Å². The van der Waals surface area contributed by atoms with Crippen molar-refractivity contribution >= 4 is 8.80 Å². The summed E-state index contributed by atoms with van der Waals surface area (Å²) < 4.78 is 11.1. The summed E-state index contributed by atoms with van der Waals surface area (Å²) in [6.45, 7) is 5.16. The van der Waals surface area contributed by atoms with Gasteiger partial charge in [0.25, 0.3) is 0 Å². The molecule has 0 aliphatic rings. The summed E-state index contributed by atoms with van der Waals surface area (Å²) in [6, 6.07) is 10.4. The van der Waals surface area contributed by atoms with Gasteiger partial charge in [0, 0.05) is 19.3 Å². The maximum absolute atomic E-state index is 10.4. The van der Waals surface area contributed by atoms with Crippen molar-refractivity contribution in [3.05, 3.63) is 35.9 Å². The second-order valence-corrected chi connectivity index (χ2v) is 6.43.